The van der Waals surface area contributed by atoms with Crippen LogP contribution in [0, 0.1) is 5.82 Å². The highest BCUT2D eigenvalue weighted by atomic mass is 19.4. The van der Waals surface area contributed by atoms with Crippen LogP contribution in [0.15, 0.2) is 18.5 Å². The number of fused-ring (bicyclic) bond motifs is 1. The molecule has 14 heteroatoms. The van der Waals surface area contributed by atoms with Gasteiger partial charge in [0.15, 0.2) is 11.6 Å². The van der Waals surface area contributed by atoms with E-state index >= 15 is 4.39 Å². The lowest BCUT2D eigenvalue weighted by Crippen LogP contribution is -2.44. The van der Waals surface area contributed by atoms with Crippen molar-refractivity contribution in [3.05, 3.63) is 29.8 Å². The van der Waals surface area contributed by atoms with Crippen molar-refractivity contribution in [1.29, 1.82) is 0 Å². The van der Waals surface area contributed by atoms with Crippen LogP contribution in [0.25, 0.3) is 22.3 Å². The number of halogens is 4. The van der Waals surface area contributed by atoms with Crippen LogP contribution in [-0.4, -0.2) is 81.0 Å². The van der Waals surface area contributed by atoms with E-state index in [1.54, 1.807) is 4.90 Å². The molecule has 0 saturated carbocycles. The Morgan fingerprint density at radius 3 is 2.84 bits per heavy atom. The highest BCUT2D eigenvalue weighted by Gasteiger charge is 2.37. The molecule has 37 heavy (non-hydrogen) atoms. The van der Waals surface area contributed by atoms with E-state index in [4.69, 9.17) is 4.74 Å². The van der Waals surface area contributed by atoms with Gasteiger partial charge in [-0.2, -0.15) is 13.2 Å². The zero-order valence-corrected chi connectivity index (χ0v) is 19.8. The van der Waals surface area contributed by atoms with E-state index in [0.29, 0.717) is 45.3 Å². The molecule has 3 N–H and O–H groups in total. The number of alkyl halides is 3. The lowest BCUT2D eigenvalue weighted by Gasteiger charge is -2.34. The SMILES string of the molecule is CC1COCCN1c1nc2[nH]cc(-c3nc(NC4CCCN(C(=O)O)C4)ncc3C(F)(F)F)c2cc1F. The van der Waals surface area contributed by atoms with Crippen molar-refractivity contribution in [2.75, 3.05) is 43.1 Å². The number of aromatic amines is 1. The third-order valence-electron chi connectivity index (χ3n) is 6.62. The second-order valence-electron chi connectivity index (χ2n) is 9.18. The van der Waals surface area contributed by atoms with Crippen LogP contribution in [0.3, 0.4) is 0 Å². The smallest absolute Gasteiger partial charge is 0.419 e. The van der Waals surface area contributed by atoms with Gasteiger partial charge >= 0.3 is 12.3 Å². The zero-order chi connectivity index (χ0) is 26.3. The summed E-state index contributed by atoms with van der Waals surface area (Å²) in [6, 6.07) is 0.675. The number of nitrogens with zero attached hydrogens (tertiary/aromatic N) is 5. The molecular formula is C23H25F4N7O3. The minimum Gasteiger partial charge on any atom is -0.465 e. The van der Waals surface area contributed by atoms with Gasteiger partial charge in [-0.05, 0) is 25.8 Å². The summed E-state index contributed by atoms with van der Waals surface area (Å²) in [7, 11) is 0. The molecule has 2 aliphatic rings. The molecule has 2 aliphatic heterocycles. The molecule has 2 atom stereocenters. The molecule has 1 amide bonds. The van der Waals surface area contributed by atoms with Crippen molar-refractivity contribution in [2.24, 2.45) is 0 Å². The Kier molecular flexibility index (Phi) is 6.52. The van der Waals surface area contributed by atoms with Crippen molar-refractivity contribution >= 4 is 28.9 Å². The standard InChI is InChI=1S/C23H25F4N7O3/c1-12-11-37-6-5-34(12)20-17(24)7-14-15(8-28-19(14)32-20)18-16(23(25,26)27)9-29-21(31-18)30-13-3-2-4-33(10-13)22(35)36/h7-9,12-13H,2-6,10-11H2,1H3,(H,28,32)(H,35,36)(H,29,30,31). The number of H-pyrrole nitrogens is 1. The van der Waals surface area contributed by atoms with E-state index < -0.39 is 29.3 Å². The van der Waals surface area contributed by atoms with E-state index in [-0.39, 0.29) is 47.0 Å². The monoisotopic (exact) mass is 523 g/mol. The van der Waals surface area contributed by atoms with Crippen LogP contribution in [0.5, 0.6) is 0 Å². The van der Waals surface area contributed by atoms with Gasteiger partial charge in [0.2, 0.25) is 5.95 Å². The minimum absolute atomic E-state index is 0.0246. The van der Waals surface area contributed by atoms with Crippen molar-refractivity contribution in [3.63, 3.8) is 0 Å². The summed E-state index contributed by atoms with van der Waals surface area (Å²) in [6.45, 7) is 3.66. The van der Waals surface area contributed by atoms with Gasteiger partial charge in [0, 0.05) is 49.0 Å². The van der Waals surface area contributed by atoms with Gasteiger partial charge < -0.3 is 29.9 Å². The molecule has 0 radical (unpaired) electrons. The van der Waals surface area contributed by atoms with Gasteiger partial charge in [0.05, 0.1) is 24.9 Å². The van der Waals surface area contributed by atoms with Gasteiger partial charge in [-0.15, -0.1) is 0 Å². The number of anilines is 2. The molecule has 5 heterocycles. The van der Waals surface area contributed by atoms with Crippen LogP contribution < -0.4 is 10.2 Å². The molecule has 0 aliphatic carbocycles. The second kappa shape index (κ2) is 9.65. The fourth-order valence-corrected chi connectivity index (χ4v) is 4.77. The average Bonchev–Trinajstić information content (AvgIpc) is 3.26. The number of ether oxygens (including phenoxy) is 1. The predicted octanol–water partition coefficient (Wildman–Crippen LogP) is 3.96. The number of morpholine rings is 1. The number of carboxylic acid groups (broad SMARTS) is 1. The quantitative estimate of drug-likeness (QED) is 0.440. The molecule has 0 aromatic carbocycles. The van der Waals surface area contributed by atoms with Gasteiger partial charge in [-0.3, -0.25) is 0 Å². The Morgan fingerprint density at radius 1 is 1.30 bits per heavy atom. The number of nitrogens with one attached hydrogen (secondary N) is 2. The summed E-state index contributed by atoms with van der Waals surface area (Å²) in [5.41, 5.74) is -1.27. The number of likely N-dealkylation sites (tertiary alicyclic amines) is 1. The molecular weight excluding hydrogens is 498 g/mol. The number of piperidine rings is 1. The molecule has 2 unspecified atom stereocenters. The Balaban J connectivity index is 1.52. The van der Waals surface area contributed by atoms with E-state index in [1.165, 1.54) is 11.1 Å². The van der Waals surface area contributed by atoms with E-state index in [0.717, 1.165) is 6.07 Å². The van der Waals surface area contributed by atoms with Crippen molar-refractivity contribution in [1.82, 2.24) is 24.8 Å². The van der Waals surface area contributed by atoms with Crippen LogP contribution >= 0.6 is 0 Å². The minimum atomic E-state index is -4.77. The summed E-state index contributed by atoms with van der Waals surface area (Å²) in [4.78, 5) is 29.5. The maximum atomic E-state index is 15.2. The van der Waals surface area contributed by atoms with Crippen molar-refractivity contribution in [3.8, 4) is 11.3 Å². The molecule has 10 nitrogen and oxygen atoms in total. The molecule has 5 rings (SSSR count). The second-order valence-corrected chi connectivity index (χ2v) is 9.18. The first-order valence-corrected chi connectivity index (χ1v) is 11.8. The van der Waals surface area contributed by atoms with Crippen molar-refractivity contribution in [2.45, 2.75) is 38.0 Å². The predicted molar refractivity (Wildman–Crippen MR) is 126 cm³/mol. The molecule has 198 valence electrons. The lowest BCUT2D eigenvalue weighted by atomic mass is 10.1. The fourth-order valence-electron chi connectivity index (χ4n) is 4.77. The molecule has 0 bridgehead atoms. The Bertz CT molecular complexity index is 1320. The topological polar surface area (TPSA) is 120 Å². The molecule has 2 saturated heterocycles. The fraction of sp³-hybridized carbons (Fsp3) is 0.478. The molecule has 0 spiro atoms. The first-order chi connectivity index (χ1) is 17.6. The number of rotatable bonds is 4. The van der Waals surface area contributed by atoms with E-state index in [9.17, 15) is 23.1 Å². The van der Waals surface area contributed by atoms with Crippen LogP contribution in [-0.2, 0) is 10.9 Å². The Labute approximate surface area is 208 Å². The summed E-state index contributed by atoms with van der Waals surface area (Å²) in [5.74, 6) is -0.654. The van der Waals surface area contributed by atoms with Crippen LogP contribution in [0.1, 0.15) is 25.3 Å². The summed E-state index contributed by atoms with van der Waals surface area (Å²) < 4.78 is 62.3. The molecule has 2 fully saturated rings. The zero-order valence-electron chi connectivity index (χ0n) is 19.8. The third-order valence-corrected chi connectivity index (χ3v) is 6.62. The van der Waals surface area contributed by atoms with Gasteiger partial charge in [0.1, 0.15) is 11.2 Å². The normalized spacial score (nSPS) is 20.9. The number of carbonyl (C=O) groups is 1. The highest BCUT2D eigenvalue weighted by molar-refractivity contribution is 5.94. The third kappa shape index (κ3) is 4.97. The van der Waals surface area contributed by atoms with Crippen LogP contribution in [0.2, 0.25) is 0 Å². The van der Waals surface area contributed by atoms with Gasteiger partial charge in [-0.1, -0.05) is 0 Å². The number of pyridine rings is 1. The van der Waals surface area contributed by atoms with Crippen molar-refractivity contribution < 1.29 is 32.2 Å². The number of amides is 1. The molecule has 3 aromatic rings. The number of hydrogen-bond acceptors (Lipinski definition) is 7. The lowest BCUT2D eigenvalue weighted by molar-refractivity contribution is -0.137. The van der Waals surface area contributed by atoms with E-state index in [2.05, 4.69) is 25.3 Å². The number of aromatic nitrogens is 4. The highest BCUT2D eigenvalue weighted by Crippen LogP contribution is 2.39. The maximum absolute atomic E-state index is 15.2. The molecule has 3 aromatic heterocycles. The van der Waals surface area contributed by atoms with Gasteiger partial charge in [-0.25, -0.2) is 24.1 Å². The summed E-state index contributed by atoms with van der Waals surface area (Å²) >= 11 is 0. The Hall–Kier alpha value is -3.68. The number of hydrogen-bond donors (Lipinski definition) is 3. The van der Waals surface area contributed by atoms with E-state index in [1.807, 2.05) is 6.92 Å². The van der Waals surface area contributed by atoms with Gasteiger partial charge in [0.25, 0.3) is 0 Å². The maximum Gasteiger partial charge on any atom is 0.419 e. The Morgan fingerprint density at radius 2 is 2.11 bits per heavy atom. The average molecular weight is 523 g/mol. The first kappa shape index (κ1) is 25.0. The summed E-state index contributed by atoms with van der Waals surface area (Å²) in [6.07, 6.45) is -2.65. The van der Waals surface area contributed by atoms with Crippen LogP contribution in [0.4, 0.5) is 34.1 Å². The summed E-state index contributed by atoms with van der Waals surface area (Å²) in [5, 5.41) is 12.3. The largest absolute Gasteiger partial charge is 0.465 e. The first-order valence-electron chi connectivity index (χ1n) is 11.8.